The summed E-state index contributed by atoms with van der Waals surface area (Å²) in [6, 6.07) is 14.5. The summed E-state index contributed by atoms with van der Waals surface area (Å²) in [5, 5.41) is 8.99. The third-order valence-electron chi connectivity index (χ3n) is 5.48. The van der Waals surface area contributed by atoms with E-state index in [2.05, 4.69) is 4.98 Å². The zero-order valence-electron chi connectivity index (χ0n) is 19.1. The smallest absolute Gasteiger partial charge is 0.328 e. The van der Waals surface area contributed by atoms with Gasteiger partial charge in [-0.05, 0) is 49.7 Å². The summed E-state index contributed by atoms with van der Waals surface area (Å²) in [4.78, 5) is 37.5. The maximum Gasteiger partial charge on any atom is 0.328 e. The van der Waals surface area contributed by atoms with Crippen molar-refractivity contribution in [2.45, 2.75) is 36.7 Å². The summed E-state index contributed by atoms with van der Waals surface area (Å²) >= 11 is 0. The van der Waals surface area contributed by atoms with E-state index in [0.717, 1.165) is 4.31 Å². The van der Waals surface area contributed by atoms with Crippen molar-refractivity contribution < 1.29 is 23.2 Å². The number of H-pyrrole nitrogens is 1. The molecule has 2 aromatic carbocycles. The van der Waals surface area contributed by atoms with Gasteiger partial charge in [-0.25, -0.2) is 18.7 Å². The highest BCUT2D eigenvalue weighted by molar-refractivity contribution is 7.89. The van der Waals surface area contributed by atoms with Crippen LogP contribution < -0.4 is 21.5 Å². The second-order valence-corrected chi connectivity index (χ2v) is 9.90. The van der Waals surface area contributed by atoms with Crippen molar-refractivity contribution in [1.82, 2.24) is 19.3 Å². The lowest BCUT2D eigenvalue weighted by molar-refractivity contribution is -0.130. The van der Waals surface area contributed by atoms with Crippen LogP contribution in [0.1, 0.15) is 25.8 Å². The number of nitrogens with zero attached hydrogens (tertiary/aromatic N) is 2. The number of hydrogen-bond donors (Lipinski definition) is 3. The van der Waals surface area contributed by atoms with Gasteiger partial charge in [0, 0.05) is 37.8 Å². The van der Waals surface area contributed by atoms with E-state index < -0.39 is 39.3 Å². The molecule has 0 spiro atoms. The van der Waals surface area contributed by atoms with E-state index in [4.69, 9.17) is 9.94 Å². The standard InChI is InChI=1S/C23H26N4O7S/c1-16(27-13-12-21(28)24-23(27)30)14-17(15-22(29)25-31)26(2)35(32,33)20-10-8-19(9-11-20)34-18-6-4-3-5-7-18/h3-13,16-17,31H,14-15H2,1-2H3,(H,25,29)(H,24,28,30). The van der Waals surface area contributed by atoms with Crippen molar-refractivity contribution in [3.05, 3.63) is 87.7 Å². The first kappa shape index (κ1) is 25.9. The number of carbonyl (C=O) groups is 1. The van der Waals surface area contributed by atoms with Gasteiger partial charge in [-0.3, -0.25) is 24.3 Å². The minimum Gasteiger partial charge on any atom is -0.457 e. The van der Waals surface area contributed by atoms with Crippen molar-refractivity contribution in [2.24, 2.45) is 0 Å². The van der Waals surface area contributed by atoms with E-state index >= 15 is 0 Å². The summed E-state index contributed by atoms with van der Waals surface area (Å²) in [7, 11) is -2.73. The zero-order valence-corrected chi connectivity index (χ0v) is 19.9. The van der Waals surface area contributed by atoms with Crippen LogP contribution in [0.5, 0.6) is 11.5 Å². The van der Waals surface area contributed by atoms with Gasteiger partial charge < -0.3 is 4.74 Å². The first-order chi connectivity index (χ1) is 16.6. The molecule has 3 rings (SSSR count). The van der Waals surface area contributed by atoms with Crippen molar-refractivity contribution in [1.29, 1.82) is 0 Å². The van der Waals surface area contributed by atoms with Gasteiger partial charge in [0.15, 0.2) is 0 Å². The molecule has 2 unspecified atom stereocenters. The van der Waals surface area contributed by atoms with Crippen molar-refractivity contribution in [3.8, 4) is 11.5 Å². The summed E-state index contributed by atoms with van der Waals surface area (Å²) in [5.74, 6) is 0.256. The highest BCUT2D eigenvalue weighted by atomic mass is 32.2. The van der Waals surface area contributed by atoms with Gasteiger partial charge in [0.05, 0.1) is 4.90 Å². The Labute approximate surface area is 201 Å². The average molecular weight is 503 g/mol. The third kappa shape index (κ3) is 6.44. The lowest BCUT2D eigenvalue weighted by atomic mass is 10.0. The number of para-hydroxylation sites is 1. The van der Waals surface area contributed by atoms with Crippen molar-refractivity contribution in [3.63, 3.8) is 0 Å². The van der Waals surface area contributed by atoms with Crippen LogP contribution in [0.15, 0.2) is 81.3 Å². The van der Waals surface area contributed by atoms with E-state index in [1.807, 2.05) is 18.2 Å². The maximum atomic E-state index is 13.3. The number of benzene rings is 2. The third-order valence-corrected chi connectivity index (χ3v) is 7.40. The fourth-order valence-electron chi connectivity index (χ4n) is 3.57. The molecular weight excluding hydrogens is 476 g/mol. The van der Waals surface area contributed by atoms with Gasteiger partial charge in [0.2, 0.25) is 15.9 Å². The maximum absolute atomic E-state index is 13.3. The Bertz CT molecular complexity index is 1370. The van der Waals surface area contributed by atoms with Crippen LogP contribution in [0, 0.1) is 0 Å². The Hall–Kier alpha value is -3.74. The van der Waals surface area contributed by atoms with Crippen molar-refractivity contribution >= 4 is 15.9 Å². The van der Waals surface area contributed by atoms with Gasteiger partial charge in [-0.2, -0.15) is 4.31 Å². The number of aromatic nitrogens is 2. The molecular formula is C23H26N4O7S. The van der Waals surface area contributed by atoms with Crippen LogP contribution in [0.2, 0.25) is 0 Å². The first-order valence-electron chi connectivity index (χ1n) is 10.7. The number of amides is 1. The van der Waals surface area contributed by atoms with E-state index in [0.29, 0.717) is 11.5 Å². The molecule has 11 nitrogen and oxygen atoms in total. The molecule has 0 bridgehead atoms. The fourth-order valence-corrected chi connectivity index (χ4v) is 4.93. The molecule has 35 heavy (non-hydrogen) atoms. The lowest BCUT2D eigenvalue weighted by Gasteiger charge is -2.29. The number of ether oxygens (including phenoxy) is 1. The minimum absolute atomic E-state index is 0.0244. The number of carbonyl (C=O) groups excluding carboxylic acids is 1. The van der Waals surface area contributed by atoms with Gasteiger partial charge in [0.25, 0.3) is 5.56 Å². The molecule has 12 heteroatoms. The number of hydroxylamine groups is 1. The molecule has 1 heterocycles. The van der Waals surface area contributed by atoms with Gasteiger partial charge in [-0.1, -0.05) is 18.2 Å². The van der Waals surface area contributed by atoms with E-state index in [-0.39, 0.29) is 17.7 Å². The summed E-state index contributed by atoms with van der Waals surface area (Å²) < 4.78 is 34.6. The number of aromatic amines is 1. The van der Waals surface area contributed by atoms with Crippen LogP contribution in [-0.2, 0) is 14.8 Å². The highest BCUT2D eigenvalue weighted by Crippen LogP contribution is 2.27. The summed E-state index contributed by atoms with van der Waals surface area (Å²) in [5.41, 5.74) is 0.292. The largest absolute Gasteiger partial charge is 0.457 e. The molecule has 1 aromatic heterocycles. The molecule has 3 aromatic rings. The summed E-state index contributed by atoms with van der Waals surface area (Å²) in [6.45, 7) is 1.65. The van der Waals surface area contributed by atoms with Crippen molar-refractivity contribution in [2.75, 3.05) is 7.05 Å². The second kappa shape index (κ2) is 11.1. The predicted octanol–water partition coefficient (Wildman–Crippen LogP) is 1.86. The monoisotopic (exact) mass is 502 g/mol. The van der Waals surface area contributed by atoms with Crippen LogP contribution in [-0.4, -0.2) is 46.5 Å². The second-order valence-electron chi connectivity index (χ2n) is 7.90. The molecule has 0 saturated carbocycles. The first-order valence-corrected chi connectivity index (χ1v) is 12.1. The van der Waals surface area contributed by atoms with Gasteiger partial charge >= 0.3 is 5.69 Å². The van der Waals surface area contributed by atoms with Gasteiger partial charge in [-0.15, -0.1) is 0 Å². The van der Waals surface area contributed by atoms with Crippen LogP contribution in [0.3, 0.4) is 0 Å². The normalized spacial score (nSPS) is 13.3. The van der Waals surface area contributed by atoms with Crippen LogP contribution >= 0.6 is 0 Å². The number of sulfonamides is 1. The Kier molecular flexibility index (Phi) is 8.22. The Morgan fingerprint density at radius 1 is 1.09 bits per heavy atom. The molecule has 0 aliphatic carbocycles. The molecule has 186 valence electrons. The van der Waals surface area contributed by atoms with E-state index in [1.54, 1.807) is 19.1 Å². The molecule has 1 amide bonds. The lowest BCUT2D eigenvalue weighted by Crippen LogP contribution is -2.42. The fraction of sp³-hybridized carbons (Fsp3) is 0.261. The molecule has 0 radical (unpaired) electrons. The Morgan fingerprint density at radius 3 is 2.31 bits per heavy atom. The number of hydrogen-bond acceptors (Lipinski definition) is 7. The molecule has 3 N–H and O–H groups in total. The quantitative estimate of drug-likeness (QED) is 0.283. The van der Waals surface area contributed by atoms with E-state index in [1.165, 1.54) is 53.6 Å². The summed E-state index contributed by atoms with van der Waals surface area (Å²) in [6.07, 6.45) is 0.989. The topological polar surface area (TPSA) is 151 Å². The minimum atomic E-state index is -4.06. The van der Waals surface area contributed by atoms with Gasteiger partial charge in [0.1, 0.15) is 11.5 Å². The molecule has 2 atom stereocenters. The molecule has 0 fully saturated rings. The SMILES string of the molecule is CC(CC(CC(=O)NO)N(C)S(=O)(=O)c1ccc(Oc2ccccc2)cc1)n1ccc(=O)[nH]c1=O. The van der Waals surface area contributed by atoms with Crippen LogP contribution in [0.25, 0.3) is 0 Å². The number of nitrogens with one attached hydrogen (secondary N) is 2. The van der Waals surface area contributed by atoms with E-state index in [9.17, 15) is 22.8 Å². The molecule has 0 saturated heterocycles. The number of rotatable bonds is 10. The Balaban J connectivity index is 1.83. The molecule has 0 aliphatic heterocycles. The highest BCUT2D eigenvalue weighted by Gasteiger charge is 2.31. The average Bonchev–Trinajstić information content (AvgIpc) is 2.84. The Morgan fingerprint density at radius 2 is 1.71 bits per heavy atom. The predicted molar refractivity (Wildman–Crippen MR) is 127 cm³/mol. The van der Waals surface area contributed by atoms with Crippen LogP contribution in [0.4, 0.5) is 0 Å². The molecule has 0 aliphatic rings. The zero-order chi connectivity index (χ0) is 25.6.